The number of thioether (sulfide) groups is 1. The topological polar surface area (TPSA) is 115 Å². The zero-order chi connectivity index (χ0) is 21.0. The standard InChI is InChI=1S/C18H20FN5O4S/c1-3-28-16(26)10(2)29-18-23-22-14(8-12-9-15(25)21-17(27)20-12)24(18)13-6-4-11(19)5-7-13/h4-7,10,12H,3,8-9H2,1-2H3,(H2,20,21,25,27). The fraction of sp³-hybridized carbons (Fsp3) is 0.389. The Morgan fingerprint density at radius 2 is 2.07 bits per heavy atom. The van der Waals surface area contributed by atoms with E-state index in [-0.39, 0.29) is 31.3 Å². The Balaban J connectivity index is 1.90. The molecule has 3 rings (SSSR count). The van der Waals surface area contributed by atoms with Crippen molar-refractivity contribution >= 4 is 29.7 Å². The van der Waals surface area contributed by atoms with Gasteiger partial charge in [0.15, 0.2) is 5.16 Å². The van der Waals surface area contributed by atoms with Gasteiger partial charge < -0.3 is 10.1 Å². The van der Waals surface area contributed by atoms with E-state index in [1.807, 2.05) is 0 Å². The van der Waals surface area contributed by atoms with E-state index in [9.17, 15) is 18.8 Å². The molecule has 1 aliphatic heterocycles. The lowest BCUT2D eigenvalue weighted by atomic mass is 10.1. The predicted molar refractivity (Wildman–Crippen MR) is 102 cm³/mol. The van der Waals surface area contributed by atoms with Crippen molar-refractivity contribution in [1.82, 2.24) is 25.4 Å². The summed E-state index contributed by atoms with van der Waals surface area (Å²) in [6, 6.07) is 4.71. The molecule has 0 bridgehead atoms. The van der Waals surface area contributed by atoms with E-state index < -0.39 is 23.1 Å². The number of urea groups is 1. The van der Waals surface area contributed by atoms with Crippen LogP contribution >= 0.6 is 11.8 Å². The number of imide groups is 1. The highest BCUT2D eigenvalue weighted by molar-refractivity contribution is 8.00. The molecule has 0 aliphatic carbocycles. The van der Waals surface area contributed by atoms with Crippen molar-refractivity contribution in [2.45, 2.75) is 43.1 Å². The van der Waals surface area contributed by atoms with Crippen LogP contribution in [0.4, 0.5) is 9.18 Å². The summed E-state index contributed by atoms with van der Waals surface area (Å²) in [4.78, 5) is 35.2. The third-order valence-corrected chi connectivity index (χ3v) is 5.16. The minimum Gasteiger partial charge on any atom is -0.465 e. The van der Waals surface area contributed by atoms with Crippen LogP contribution in [0.2, 0.25) is 0 Å². The fourth-order valence-corrected chi connectivity index (χ4v) is 3.73. The number of esters is 1. The quantitative estimate of drug-likeness (QED) is 0.515. The number of ether oxygens (including phenoxy) is 1. The van der Waals surface area contributed by atoms with Gasteiger partial charge in [-0.15, -0.1) is 10.2 Å². The molecular weight excluding hydrogens is 401 g/mol. The minimum absolute atomic E-state index is 0.101. The molecule has 1 aliphatic rings. The first-order valence-electron chi connectivity index (χ1n) is 9.01. The van der Waals surface area contributed by atoms with Crippen LogP contribution in [0.5, 0.6) is 0 Å². The number of rotatable bonds is 7. The molecule has 1 fully saturated rings. The second-order valence-corrected chi connectivity index (χ2v) is 7.66. The van der Waals surface area contributed by atoms with Gasteiger partial charge in [-0.05, 0) is 38.1 Å². The molecule has 1 aromatic heterocycles. The van der Waals surface area contributed by atoms with Gasteiger partial charge in [-0.3, -0.25) is 19.5 Å². The van der Waals surface area contributed by atoms with Crippen molar-refractivity contribution < 1.29 is 23.5 Å². The molecule has 154 valence electrons. The smallest absolute Gasteiger partial charge is 0.321 e. The molecule has 1 saturated heterocycles. The summed E-state index contributed by atoms with van der Waals surface area (Å²) >= 11 is 1.16. The lowest BCUT2D eigenvalue weighted by Gasteiger charge is -2.23. The number of hydrogen-bond acceptors (Lipinski definition) is 7. The Bertz CT molecular complexity index is 901. The van der Waals surface area contributed by atoms with Crippen LogP contribution in [0.15, 0.2) is 29.4 Å². The van der Waals surface area contributed by atoms with E-state index in [0.717, 1.165) is 11.8 Å². The van der Waals surface area contributed by atoms with Crippen molar-refractivity contribution in [2.24, 2.45) is 0 Å². The average Bonchev–Trinajstić information content (AvgIpc) is 3.03. The molecule has 2 heterocycles. The van der Waals surface area contributed by atoms with Crippen LogP contribution in [-0.2, 0) is 20.7 Å². The summed E-state index contributed by atoms with van der Waals surface area (Å²) < 4.78 is 20.1. The highest BCUT2D eigenvalue weighted by Gasteiger charge is 2.28. The second kappa shape index (κ2) is 9.03. The monoisotopic (exact) mass is 421 g/mol. The number of amides is 3. The maximum absolute atomic E-state index is 13.4. The highest BCUT2D eigenvalue weighted by Crippen LogP contribution is 2.27. The average molecular weight is 421 g/mol. The predicted octanol–water partition coefficient (Wildman–Crippen LogP) is 1.59. The Hall–Kier alpha value is -2.95. The van der Waals surface area contributed by atoms with Gasteiger partial charge in [0.25, 0.3) is 0 Å². The van der Waals surface area contributed by atoms with Gasteiger partial charge >= 0.3 is 12.0 Å². The number of halogens is 1. The molecule has 29 heavy (non-hydrogen) atoms. The molecule has 2 atom stereocenters. The van der Waals surface area contributed by atoms with Crippen LogP contribution < -0.4 is 10.6 Å². The lowest BCUT2D eigenvalue weighted by molar-refractivity contribution is -0.142. The lowest BCUT2D eigenvalue weighted by Crippen LogP contribution is -2.53. The molecule has 9 nitrogen and oxygen atoms in total. The van der Waals surface area contributed by atoms with Crippen molar-refractivity contribution in [2.75, 3.05) is 6.61 Å². The summed E-state index contributed by atoms with van der Waals surface area (Å²) in [5.41, 5.74) is 0.594. The third-order valence-electron chi connectivity index (χ3n) is 4.13. The van der Waals surface area contributed by atoms with Crippen molar-refractivity contribution in [1.29, 1.82) is 0 Å². The van der Waals surface area contributed by atoms with E-state index in [4.69, 9.17) is 4.74 Å². The van der Waals surface area contributed by atoms with E-state index >= 15 is 0 Å². The van der Waals surface area contributed by atoms with Gasteiger partial charge in [0.1, 0.15) is 16.9 Å². The SMILES string of the molecule is CCOC(=O)C(C)Sc1nnc(CC2CC(=O)NC(=O)N2)n1-c1ccc(F)cc1. The van der Waals surface area contributed by atoms with Crippen LogP contribution in [0.3, 0.4) is 0 Å². The summed E-state index contributed by atoms with van der Waals surface area (Å²) in [7, 11) is 0. The first-order chi connectivity index (χ1) is 13.9. The number of nitrogens with one attached hydrogen (secondary N) is 2. The van der Waals surface area contributed by atoms with Crippen LogP contribution in [-0.4, -0.2) is 50.6 Å². The zero-order valence-electron chi connectivity index (χ0n) is 15.8. The van der Waals surface area contributed by atoms with Gasteiger partial charge in [-0.2, -0.15) is 0 Å². The summed E-state index contributed by atoms with van der Waals surface area (Å²) in [5.74, 6) is -0.690. The summed E-state index contributed by atoms with van der Waals surface area (Å²) in [5, 5.41) is 13.1. The van der Waals surface area contributed by atoms with Crippen LogP contribution in [0, 0.1) is 5.82 Å². The number of benzene rings is 1. The van der Waals surface area contributed by atoms with Crippen LogP contribution in [0.1, 0.15) is 26.1 Å². The number of hydrogen-bond donors (Lipinski definition) is 2. The minimum atomic E-state index is -0.565. The molecule has 11 heteroatoms. The molecule has 2 aromatic rings. The van der Waals surface area contributed by atoms with E-state index in [1.54, 1.807) is 30.5 Å². The maximum Gasteiger partial charge on any atom is 0.321 e. The van der Waals surface area contributed by atoms with Gasteiger partial charge in [-0.25, -0.2) is 9.18 Å². The molecule has 2 unspecified atom stereocenters. The van der Waals surface area contributed by atoms with Crippen molar-refractivity contribution in [3.8, 4) is 5.69 Å². The number of carbonyl (C=O) groups is 3. The molecule has 2 N–H and O–H groups in total. The van der Waals surface area contributed by atoms with Gasteiger partial charge in [0.05, 0.1) is 6.61 Å². The molecule has 0 spiro atoms. The first-order valence-corrected chi connectivity index (χ1v) is 9.89. The molecular formula is C18H20FN5O4S. The third kappa shape index (κ3) is 5.11. The molecule has 3 amide bonds. The van der Waals surface area contributed by atoms with Crippen molar-refractivity contribution in [3.05, 3.63) is 35.9 Å². The molecule has 0 saturated carbocycles. The Morgan fingerprint density at radius 1 is 1.34 bits per heavy atom. The second-order valence-electron chi connectivity index (χ2n) is 6.35. The largest absolute Gasteiger partial charge is 0.465 e. The highest BCUT2D eigenvalue weighted by atomic mass is 32.2. The fourth-order valence-electron chi connectivity index (χ4n) is 2.84. The van der Waals surface area contributed by atoms with Gasteiger partial charge in [0.2, 0.25) is 5.91 Å². The van der Waals surface area contributed by atoms with Crippen molar-refractivity contribution in [3.63, 3.8) is 0 Å². The summed E-state index contributed by atoms with van der Waals surface area (Å²) in [6.07, 6.45) is 0.335. The van der Waals surface area contributed by atoms with E-state index in [1.165, 1.54) is 12.1 Å². The maximum atomic E-state index is 13.4. The van der Waals surface area contributed by atoms with E-state index in [2.05, 4.69) is 20.8 Å². The number of carbonyl (C=O) groups excluding carboxylic acids is 3. The van der Waals surface area contributed by atoms with Gasteiger partial charge in [0, 0.05) is 24.6 Å². The number of aromatic nitrogens is 3. The van der Waals surface area contributed by atoms with E-state index in [0.29, 0.717) is 16.7 Å². The Labute approximate surface area is 170 Å². The first kappa shape index (κ1) is 20.8. The molecule has 0 radical (unpaired) electrons. The summed E-state index contributed by atoms with van der Waals surface area (Å²) in [6.45, 7) is 3.68. The Morgan fingerprint density at radius 3 is 2.72 bits per heavy atom. The van der Waals surface area contributed by atoms with Crippen LogP contribution in [0.25, 0.3) is 5.69 Å². The Kier molecular flexibility index (Phi) is 6.47. The normalized spacial score (nSPS) is 17.4. The molecule has 1 aromatic carbocycles. The number of nitrogens with zero attached hydrogens (tertiary/aromatic N) is 3. The van der Waals surface area contributed by atoms with Gasteiger partial charge in [-0.1, -0.05) is 11.8 Å². The zero-order valence-corrected chi connectivity index (χ0v) is 16.7.